The maximum absolute atomic E-state index is 11.9. The van der Waals surface area contributed by atoms with Gasteiger partial charge >= 0.3 is 6.03 Å². The van der Waals surface area contributed by atoms with Crippen LogP contribution in [-0.2, 0) is 6.54 Å². The molecule has 1 fully saturated rings. The summed E-state index contributed by atoms with van der Waals surface area (Å²) in [7, 11) is 0. The van der Waals surface area contributed by atoms with E-state index in [1.165, 1.54) is 5.56 Å². The molecule has 5 rings (SSSR count). The van der Waals surface area contributed by atoms with Crippen LogP contribution in [0.15, 0.2) is 103 Å². The molecule has 1 aliphatic heterocycles. The summed E-state index contributed by atoms with van der Waals surface area (Å²) < 4.78 is 0. The van der Waals surface area contributed by atoms with Gasteiger partial charge in [0.05, 0.1) is 28.5 Å². The molecular formula is C33H37N5O. The van der Waals surface area contributed by atoms with Gasteiger partial charge in [0.15, 0.2) is 0 Å². The number of aromatic nitrogens is 2. The van der Waals surface area contributed by atoms with E-state index in [2.05, 4.69) is 51.9 Å². The van der Waals surface area contributed by atoms with E-state index in [1.54, 1.807) is 6.20 Å². The lowest BCUT2D eigenvalue weighted by Gasteiger charge is -2.39. The van der Waals surface area contributed by atoms with Gasteiger partial charge in [0.25, 0.3) is 0 Å². The van der Waals surface area contributed by atoms with Crippen LogP contribution in [0.3, 0.4) is 0 Å². The van der Waals surface area contributed by atoms with E-state index in [0.29, 0.717) is 0 Å². The number of carbonyl (C=O) groups is 1. The lowest BCUT2D eigenvalue weighted by Crippen LogP contribution is -2.59. The normalized spacial score (nSPS) is 13.7. The number of nitrogens with one attached hydrogen (secondary N) is 2. The van der Waals surface area contributed by atoms with Crippen molar-refractivity contribution in [2.45, 2.75) is 39.8 Å². The SMILES string of the molecule is C/C=C\C.CC/C=C/NC(=O)NC1CN(Cc2ccc(-c3nc4ccccc4nc3-c3ccccc3)cc2)C1. The lowest BCUT2D eigenvalue weighted by atomic mass is 10.0. The molecule has 1 aromatic heterocycles. The van der Waals surface area contributed by atoms with Crippen LogP contribution in [0.5, 0.6) is 0 Å². The molecule has 0 unspecified atom stereocenters. The summed E-state index contributed by atoms with van der Waals surface area (Å²) in [5, 5.41) is 5.74. The smallest absolute Gasteiger partial charge is 0.319 e. The van der Waals surface area contributed by atoms with Crippen LogP contribution in [0.4, 0.5) is 4.79 Å². The topological polar surface area (TPSA) is 70.2 Å². The van der Waals surface area contributed by atoms with E-state index in [9.17, 15) is 4.79 Å². The van der Waals surface area contributed by atoms with Gasteiger partial charge in [-0.3, -0.25) is 4.90 Å². The minimum Gasteiger partial charge on any atom is -0.333 e. The van der Waals surface area contributed by atoms with Gasteiger partial charge in [0.2, 0.25) is 0 Å². The Kier molecular flexibility index (Phi) is 9.98. The minimum absolute atomic E-state index is 0.144. The fourth-order valence-corrected chi connectivity index (χ4v) is 4.29. The van der Waals surface area contributed by atoms with Crippen molar-refractivity contribution in [3.8, 4) is 22.5 Å². The van der Waals surface area contributed by atoms with Crippen LogP contribution in [0.1, 0.15) is 32.8 Å². The second kappa shape index (κ2) is 14.0. The summed E-state index contributed by atoms with van der Waals surface area (Å²) in [6.45, 7) is 8.58. The molecule has 6 heteroatoms. The molecule has 1 saturated heterocycles. The second-order valence-electron chi connectivity index (χ2n) is 9.46. The Balaban J connectivity index is 0.000000826. The molecule has 3 aromatic carbocycles. The molecule has 1 aliphatic rings. The molecule has 0 atom stereocenters. The highest BCUT2D eigenvalue weighted by Gasteiger charge is 2.27. The summed E-state index contributed by atoms with van der Waals surface area (Å²) in [4.78, 5) is 24.1. The predicted molar refractivity (Wildman–Crippen MR) is 161 cm³/mol. The molecule has 0 aliphatic carbocycles. The zero-order chi connectivity index (χ0) is 27.5. The Morgan fingerprint density at radius 3 is 1.97 bits per heavy atom. The lowest BCUT2D eigenvalue weighted by molar-refractivity contribution is 0.122. The molecular weight excluding hydrogens is 482 g/mol. The van der Waals surface area contributed by atoms with Gasteiger partial charge in [-0.25, -0.2) is 14.8 Å². The van der Waals surface area contributed by atoms with Crippen molar-refractivity contribution in [3.63, 3.8) is 0 Å². The average molecular weight is 520 g/mol. The number of urea groups is 1. The van der Waals surface area contributed by atoms with Gasteiger partial charge in [-0.15, -0.1) is 0 Å². The fourth-order valence-electron chi connectivity index (χ4n) is 4.29. The third-order valence-electron chi connectivity index (χ3n) is 6.45. The number of hydrogen-bond donors (Lipinski definition) is 2. The first-order chi connectivity index (χ1) is 19.1. The number of nitrogens with zero attached hydrogens (tertiary/aromatic N) is 3. The maximum Gasteiger partial charge on any atom is 0.319 e. The molecule has 4 aromatic rings. The highest BCUT2D eigenvalue weighted by molar-refractivity contribution is 5.86. The Labute approximate surface area is 231 Å². The first kappa shape index (κ1) is 27.7. The third kappa shape index (κ3) is 7.62. The summed E-state index contributed by atoms with van der Waals surface area (Å²) in [5.74, 6) is 0. The number of amides is 2. The van der Waals surface area contributed by atoms with E-state index in [-0.39, 0.29) is 12.1 Å². The highest BCUT2D eigenvalue weighted by atomic mass is 16.2. The summed E-state index contributed by atoms with van der Waals surface area (Å²) in [6.07, 6.45) is 8.51. The number of likely N-dealkylation sites (tertiary alicyclic amines) is 1. The molecule has 0 radical (unpaired) electrons. The van der Waals surface area contributed by atoms with Crippen LogP contribution in [0, 0.1) is 0 Å². The zero-order valence-corrected chi connectivity index (χ0v) is 23.0. The fraction of sp³-hybridized carbons (Fsp3) is 0.242. The highest BCUT2D eigenvalue weighted by Crippen LogP contribution is 2.31. The van der Waals surface area contributed by atoms with Crippen molar-refractivity contribution in [3.05, 3.63) is 109 Å². The van der Waals surface area contributed by atoms with Crippen molar-refractivity contribution in [1.29, 1.82) is 0 Å². The second-order valence-corrected chi connectivity index (χ2v) is 9.46. The van der Waals surface area contributed by atoms with Crippen molar-refractivity contribution >= 4 is 17.1 Å². The molecule has 6 nitrogen and oxygen atoms in total. The summed E-state index contributed by atoms with van der Waals surface area (Å²) in [6, 6.07) is 26.8. The van der Waals surface area contributed by atoms with E-state index < -0.39 is 0 Å². The largest absolute Gasteiger partial charge is 0.333 e. The van der Waals surface area contributed by atoms with Gasteiger partial charge in [-0.05, 0) is 38.0 Å². The summed E-state index contributed by atoms with van der Waals surface area (Å²) in [5.41, 5.74) is 6.89. The van der Waals surface area contributed by atoms with Crippen LogP contribution in [-0.4, -0.2) is 40.0 Å². The van der Waals surface area contributed by atoms with Crippen LogP contribution in [0.2, 0.25) is 0 Å². The number of rotatable bonds is 7. The number of fused-ring (bicyclic) bond motifs is 1. The number of para-hydroxylation sites is 2. The van der Waals surface area contributed by atoms with Gasteiger partial charge < -0.3 is 10.6 Å². The first-order valence-corrected chi connectivity index (χ1v) is 13.5. The minimum atomic E-state index is -0.144. The molecule has 2 N–H and O–H groups in total. The van der Waals surface area contributed by atoms with Crippen LogP contribution < -0.4 is 10.6 Å². The van der Waals surface area contributed by atoms with Crippen molar-refractivity contribution in [2.24, 2.45) is 0 Å². The van der Waals surface area contributed by atoms with Gasteiger partial charge in [-0.2, -0.15) is 0 Å². The number of carbonyl (C=O) groups excluding carboxylic acids is 1. The molecule has 39 heavy (non-hydrogen) atoms. The van der Waals surface area contributed by atoms with Gasteiger partial charge in [-0.1, -0.05) is 91.9 Å². The van der Waals surface area contributed by atoms with E-state index >= 15 is 0 Å². The molecule has 2 amide bonds. The quantitative estimate of drug-likeness (QED) is 0.259. The summed E-state index contributed by atoms with van der Waals surface area (Å²) >= 11 is 0. The molecule has 0 saturated carbocycles. The van der Waals surface area contributed by atoms with Crippen molar-refractivity contribution < 1.29 is 4.79 Å². The van der Waals surface area contributed by atoms with Gasteiger partial charge in [0.1, 0.15) is 0 Å². The standard InChI is InChI=1S/C29H29N5O.C4H8/c1-2-3-17-30-29(35)31-24-19-34(20-24)18-21-13-15-23(16-14-21)28-27(22-9-5-4-6-10-22)32-25-11-7-8-12-26(25)33-28;1-3-4-2/h3-17,24H,2,18-20H2,1H3,(H2,30,31,35);3-4H,1-2H3/b17-3+;4-3-. The molecule has 0 bridgehead atoms. The van der Waals surface area contributed by atoms with Crippen molar-refractivity contribution in [2.75, 3.05) is 13.1 Å². The Morgan fingerprint density at radius 1 is 0.846 bits per heavy atom. The zero-order valence-electron chi connectivity index (χ0n) is 23.0. The van der Waals surface area contributed by atoms with E-state index in [4.69, 9.17) is 9.97 Å². The van der Waals surface area contributed by atoms with Crippen LogP contribution in [0.25, 0.3) is 33.5 Å². The number of hydrogen-bond acceptors (Lipinski definition) is 4. The van der Waals surface area contributed by atoms with Gasteiger partial charge in [0, 0.05) is 37.0 Å². The monoisotopic (exact) mass is 519 g/mol. The maximum atomic E-state index is 11.9. The Morgan fingerprint density at radius 2 is 1.41 bits per heavy atom. The molecule has 200 valence electrons. The molecule has 0 spiro atoms. The van der Waals surface area contributed by atoms with Crippen LogP contribution >= 0.6 is 0 Å². The van der Waals surface area contributed by atoms with E-state index in [0.717, 1.165) is 59.6 Å². The number of allylic oxidation sites excluding steroid dienone is 3. The Bertz CT molecular complexity index is 1400. The van der Waals surface area contributed by atoms with E-state index in [1.807, 2.05) is 81.5 Å². The number of benzene rings is 3. The Hall–Kier alpha value is -4.29. The molecule has 2 heterocycles. The van der Waals surface area contributed by atoms with Crippen molar-refractivity contribution in [1.82, 2.24) is 25.5 Å². The third-order valence-corrected chi connectivity index (χ3v) is 6.45. The predicted octanol–water partition coefficient (Wildman–Crippen LogP) is 6.95. The first-order valence-electron chi connectivity index (χ1n) is 13.5. The average Bonchev–Trinajstić information content (AvgIpc) is 2.96.